The molecule has 1 aliphatic carbocycles. The molecule has 0 aromatic carbocycles. The van der Waals surface area contributed by atoms with Crippen molar-refractivity contribution in [2.75, 3.05) is 13.2 Å². The number of unbranched alkanes of at least 4 members (excludes halogenated alkanes) is 20. The van der Waals surface area contributed by atoms with Gasteiger partial charge in [-0.15, -0.1) is 0 Å². The van der Waals surface area contributed by atoms with Crippen molar-refractivity contribution in [3.05, 3.63) is 24.3 Å². The van der Waals surface area contributed by atoms with Crippen LogP contribution in [0.4, 0.5) is 0 Å². The standard InChI is InChI=1S/C43H79O13P/c1-3-5-7-9-11-13-14-15-16-17-18-19-20-21-22-24-26-28-30-32-37(45)55-35(33-53-36(44)31-29-27-25-23-12-10-8-6-4-2)34-54-57(51,52)56-43-41(49)39(47)38(46)40(48)42(43)50/h11,13,15-16,35,38-43,46-50H,3-10,12,14,17-34H2,1-2H3,(H,51,52)/b13-11-,16-15-/t35-,38?,39-,40?,41?,42?,43?/m1/s1. The predicted octanol–water partition coefficient (Wildman–Crippen LogP) is 8.06. The lowest BCUT2D eigenvalue weighted by molar-refractivity contribution is -0.220. The minimum absolute atomic E-state index is 0.0942. The summed E-state index contributed by atoms with van der Waals surface area (Å²) in [7, 11) is -5.11. The fourth-order valence-corrected chi connectivity index (χ4v) is 7.64. The zero-order valence-electron chi connectivity index (χ0n) is 35.1. The van der Waals surface area contributed by atoms with Gasteiger partial charge in [-0.3, -0.25) is 18.6 Å². The Balaban J connectivity index is 2.44. The summed E-state index contributed by atoms with van der Waals surface area (Å²) in [5.74, 6) is -1.10. The molecule has 6 N–H and O–H groups in total. The predicted molar refractivity (Wildman–Crippen MR) is 221 cm³/mol. The third kappa shape index (κ3) is 26.9. The molecule has 14 heteroatoms. The van der Waals surface area contributed by atoms with Gasteiger partial charge in [0.1, 0.15) is 43.2 Å². The van der Waals surface area contributed by atoms with Gasteiger partial charge in [0.2, 0.25) is 0 Å². The topological polar surface area (TPSA) is 210 Å². The number of ether oxygens (including phenoxy) is 2. The quantitative estimate of drug-likeness (QED) is 0.0153. The van der Waals surface area contributed by atoms with Crippen LogP contribution in [0.1, 0.15) is 181 Å². The van der Waals surface area contributed by atoms with E-state index in [1.807, 2.05) is 0 Å². The van der Waals surface area contributed by atoms with Gasteiger partial charge in [0.05, 0.1) is 6.61 Å². The summed E-state index contributed by atoms with van der Waals surface area (Å²) < 4.78 is 33.4. The van der Waals surface area contributed by atoms with Crippen LogP contribution in [0.2, 0.25) is 0 Å². The lowest BCUT2D eigenvalue weighted by Crippen LogP contribution is -2.64. The molecule has 0 aromatic heterocycles. The Morgan fingerprint density at radius 2 is 0.947 bits per heavy atom. The Morgan fingerprint density at radius 3 is 1.46 bits per heavy atom. The lowest BCUT2D eigenvalue weighted by Gasteiger charge is -2.41. The molecule has 8 atom stereocenters. The number of carbonyl (C=O) groups excluding carboxylic acids is 2. The van der Waals surface area contributed by atoms with Crippen molar-refractivity contribution in [3.8, 4) is 0 Å². The Labute approximate surface area is 343 Å². The second-order valence-electron chi connectivity index (χ2n) is 15.6. The highest BCUT2D eigenvalue weighted by Gasteiger charge is 2.51. The minimum Gasteiger partial charge on any atom is -0.462 e. The van der Waals surface area contributed by atoms with Crippen molar-refractivity contribution in [1.29, 1.82) is 0 Å². The molecule has 0 aliphatic heterocycles. The molecule has 0 saturated heterocycles. The molecule has 0 radical (unpaired) electrons. The summed E-state index contributed by atoms with van der Waals surface area (Å²) in [5.41, 5.74) is 0. The van der Waals surface area contributed by atoms with E-state index in [1.165, 1.54) is 83.5 Å². The fraction of sp³-hybridized carbons (Fsp3) is 0.860. The summed E-state index contributed by atoms with van der Waals surface area (Å²) in [6.45, 7) is 3.24. The van der Waals surface area contributed by atoms with E-state index in [2.05, 4.69) is 38.2 Å². The zero-order chi connectivity index (χ0) is 42.2. The first-order valence-corrected chi connectivity index (χ1v) is 23.6. The van der Waals surface area contributed by atoms with Gasteiger partial charge in [-0.2, -0.15) is 0 Å². The molecule has 6 unspecified atom stereocenters. The summed E-state index contributed by atoms with van der Waals surface area (Å²) in [6, 6.07) is 0. The van der Waals surface area contributed by atoms with Crippen LogP contribution >= 0.6 is 7.82 Å². The van der Waals surface area contributed by atoms with Crippen LogP contribution in [-0.2, 0) is 32.7 Å². The Kier molecular flexibility index (Phi) is 31.9. The highest BCUT2D eigenvalue weighted by Crippen LogP contribution is 2.47. The van der Waals surface area contributed by atoms with E-state index in [4.69, 9.17) is 18.5 Å². The average Bonchev–Trinajstić information content (AvgIpc) is 3.19. The molecule has 1 rings (SSSR count). The first-order valence-electron chi connectivity index (χ1n) is 22.1. The monoisotopic (exact) mass is 835 g/mol. The average molecular weight is 835 g/mol. The van der Waals surface area contributed by atoms with Crippen LogP contribution in [0.15, 0.2) is 24.3 Å². The largest absolute Gasteiger partial charge is 0.472 e. The van der Waals surface area contributed by atoms with Crippen molar-refractivity contribution in [2.45, 2.75) is 224 Å². The molecule has 0 bridgehead atoms. The number of hydrogen-bond acceptors (Lipinski definition) is 12. The van der Waals surface area contributed by atoms with Crippen LogP contribution in [0, 0.1) is 0 Å². The molecule has 0 heterocycles. The maximum atomic E-state index is 12.8. The van der Waals surface area contributed by atoms with Gasteiger partial charge >= 0.3 is 19.8 Å². The zero-order valence-corrected chi connectivity index (χ0v) is 36.0. The number of carbonyl (C=O) groups is 2. The maximum Gasteiger partial charge on any atom is 0.472 e. The summed E-state index contributed by atoms with van der Waals surface area (Å²) in [4.78, 5) is 35.5. The van der Waals surface area contributed by atoms with Crippen LogP contribution in [0.5, 0.6) is 0 Å². The van der Waals surface area contributed by atoms with Crippen molar-refractivity contribution < 1.29 is 63.1 Å². The van der Waals surface area contributed by atoms with E-state index in [-0.39, 0.29) is 12.8 Å². The highest BCUT2D eigenvalue weighted by molar-refractivity contribution is 7.47. The smallest absolute Gasteiger partial charge is 0.462 e. The SMILES string of the molecule is CCCCC/C=C\C/C=C\CCCCCCCCCCCC(=O)O[C@H](COC(=O)CCCCCCCCCCC)COP(=O)(O)OC1C(O)C(O)C(O)[C@@H](O)C1O. The van der Waals surface area contributed by atoms with E-state index in [0.717, 1.165) is 57.8 Å². The molecule has 0 aromatic rings. The molecule has 334 valence electrons. The number of rotatable bonds is 36. The first-order chi connectivity index (χ1) is 27.4. The molecular weight excluding hydrogens is 755 g/mol. The number of phosphoric ester groups is 1. The van der Waals surface area contributed by atoms with Gasteiger partial charge in [0.15, 0.2) is 6.10 Å². The van der Waals surface area contributed by atoms with Crippen LogP contribution in [-0.4, -0.2) is 98.3 Å². The fourth-order valence-electron chi connectivity index (χ4n) is 6.67. The second-order valence-corrected chi connectivity index (χ2v) is 17.0. The van der Waals surface area contributed by atoms with Gasteiger partial charge < -0.3 is 39.9 Å². The van der Waals surface area contributed by atoms with Gasteiger partial charge in [0, 0.05) is 12.8 Å². The van der Waals surface area contributed by atoms with E-state index in [0.29, 0.717) is 12.8 Å². The number of esters is 2. The molecule has 0 amide bonds. The molecule has 57 heavy (non-hydrogen) atoms. The lowest BCUT2D eigenvalue weighted by atomic mass is 9.85. The normalized spacial score (nSPS) is 22.9. The highest BCUT2D eigenvalue weighted by atomic mass is 31.2. The third-order valence-electron chi connectivity index (χ3n) is 10.3. The van der Waals surface area contributed by atoms with Crippen LogP contribution in [0.25, 0.3) is 0 Å². The van der Waals surface area contributed by atoms with Crippen molar-refractivity contribution in [3.63, 3.8) is 0 Å². The minimum atomic E-state index is -5.11. The number of aliphatic hydroxyl groups is 5. The molecule has 1 aliphatic rings. The Morgan fingerprint density at radius 1 is 0.544 bits per heavy atom. The van der Waals surface area contributed by atoms with Crippen molar-refractivity contribution in [2.24, 2.45) is 0 Å². The van der Waals surface area contributed by atoms with Gasteiger partial charge in [-0.25, -0.2) is 4.57 Å². The van der Waals surface area contributed by atoms with Crippen LogP contribution in [0.3, 0.4) is 0 Å². The molecule has 0 spiro atoms. The number of aliphatic hydroxyl groups excluding tert-OH is 5. The van der Waals surface area contributed by atoms with E-state index in [9.17, 15) is 44.6 Å². The van der Waals surface area contributed by atoms with Gasteiger partial charge in [-0.1, -0.05) is 147 Å². The second kappa shape index (κ2) is 34.1. The van der Waals surface area contributed by atoms with Gasteiger partial charge in [-0.05, 0) is 44.9 Å². The molecule has 13 nitrogen and oxygen atoms in total. The van der Waals surface area contributed by atoms with Gasteiger partial charge in [0.25, 0.3) is 0 Å². The van der Waals surface area contributed by atoms with E-state index < -0.39 is 75.7 Å². The van der Waals surface area contributed by atoms with Crippen molar-refractivity contribution >= 4 is 19.8 Å². The number of hydrogen-bond donors (Lipinski definition) is 6. The molecule has 1 fully saturated rings. The number of allylic oxidation sites excluding steroid dienone is 4. The van der Waals surface area contributed by atoms with Crippen LogP contribution < -0.4 is 0 Å². The van der Waals surface area contributed by atoms with E-state index in [1.54, 1.807) is 0 Å². The summed E-state index contributed by atoms with van der Waals surface area (Å²) in [6.07, 6.45) is 22.5. The summed E-state index contributed by atoms with van der Waals surface area (Å²) >= 11 is 0. The van der Waals surface area contributed by atoms with E-state index >= 15 is 0 Å². The molecule has 1 saturated carbocycles. The number of phosphoric acid groups is 1. The Hall–Kier alpha value is -1.67. The molecular formula is C43H79O13P. The maximum absolute atomic E-state index is 12.8. The van der Waals surface area contributed by atoms with Crippen molar-refractivity contribution in [1.82, 2.24) is 0 Å². The Bertz CT molecular complexity index is 1100. The summed E-state index contributed by atoms with van der Waals surface area (Å²) in [5, 5.41) is 50.0. The third-order valence-corrected chi connectivity index (χ3v) is 11.3. The first kappa shape index (κ1) is 53.3.